The molecule has 0 saturated carbocycles. The van der Waals surface area contributed by atoms with Gasteiger partial charge in [0.05, 0.1) is 0 Å². The average Bonchev–Trinajstić information content (AvgIpc) is 2.99. The first kappa shape index (κ1) is 17.4. The van der Waals surface area contributed by atoms with Gasteiger partial charge in [-0.3, -0.25) is 0 Å². The molecule has 2 heterocycles. The Morgan fingerprint density at radius 3 is 0.917 bits per heavy atom. The molecule has 0 N–H and O–H groups in total. The van der Waals surface area contributed by atoms with E-state index >= 15 is 0 Å². The molecule has 0 amide bonds. The van der Waals surface area contributed by atoms with E-state index in [4.69, 9.17) is 0 Å². The molecule has 0 aromatic heterocycles. The van der Waals surface area contributed by atoms with Crippen molar-refractivity contribution in [2.45, 2.75) is 51.4 Å². The van der Waals surface area contributed by atoms with Crippen LogP contribution in [0.15, 0.2) is 0 Å². The van der Waals surface area contributed by atoms with E-state index in [0.717, 1.165) is 51.4 Å². The third-order valence-electron chi connectivity index (χ3n) is 5.06. The van der Waals surface area contributed by atoms with E-state index in [1.165, 1.54) is 9.80 Å². The van der Waals surface area contributed by atoms with E-state index in [2.05, 4.69) is 0 Å². The molecule has 1 aromatic rings. The predicted octanol–water partition coefficient (Wildman–Crippen LogP) is 5.00. The van der Waals surface area contributed by atoms with Gasteiger partial charge >= 0.3 is 0 Å². The summed E-state index contributed by atoms with van der Waals surface area (Å²) in [5.41, 5.74) is -1.07. The van der Waals surface area contributed by atoms with Crippen molar-refractivity contribution >= 4 is 11.4 Å². The molecular formula is C18H24F4N2. The molecule has 0 atom stereocenters. The summed E-state index contributed by atoms with van der Waals surface area (Å²) in [4.78, 5) is 2.91. The second kappa shape index (κ2) is 7.62. The Labute approximate surface area is 140 Å². The maximum Gasteiger partial charge on any atom is 0.187 e. The number of hydrogen-bond donors (Lipinski definition) is 0. The van der Waals surface area contributed by atoms with Crippen LogP contribution in [0.1, 0.15) is 51.4 Å². The van der Waals surface area contributed by atoms with Crippen LogP contribution in [-0.4, -0.2) is 26.2 Å². The van der Waals surface area contributed by atoms with Crippen LogP contribution in [0.5, 0.6) is 0 Å². The van der Waals surface area contributed by atoms with E-state index in [9.17, 15) is 17.6 Å². The summed E-state index contributed by atoms with van der Waals surface area (Å²) in [7, 11) is 0. The molecule has 0 bridgehead atoms. The number of halogens is 4. The van der Waals surface area contributed by atoms with Crippen molar-refractivity contribution in [2.75, 3.05) is 36.0 Å². The third-order valence-corrected chi connectivity index (χ3v) is 5.06. The molecule has 2 aliphatic heterocycles. The zero-order chi connectivity index (χ0) is 17.1. The van der Waals surface area contributed by atoms with Crippen molar-refractivity contribution in [1.82, 2.24) is 0 Å². The Morgan fingerprint density at radius 2 is 0.667 bits per heavy atom. The van der Waals surface area contributed by atoms with Gasteiger partial charge in [0, 0.05) is 26.2 Å². The molecule has 2 aliphatic rings. The summed E-state index contributed by atoms with van der Waals surface area (Å²) in [5.74, 6) is -5.02. The van der Waals surface area contributed by atoms with Crippen LogP contribution in [0, 0.1) is 23.3 Å². The lowest BCUT2D eigenvalue weighted by Crippen LogP contribution is -2.30. The highest BCUT2D eigenvalue weighted by molar-refractivity contribution is 5.61. The second-order valence-corrected chi connectivity index (χ2v) is 6.76. The zero-order valence-electron chi connectivity index (χ0n) is 13.9. The molecule has 2 saturated heterocycles. The van der Waals surface area contributed by atoms with Crippen LogP contribution in [0.4, 0.5) is 28.9 Å². The van der Waals surface area contributed by atoms with Gasteiger partial charge in [0.2, 0.25) is 0 Å². The minimum Gasteiger partial charge on any atom is -0.367 e. The molecule has 0 unspecified atom stereocenters. The number of rotatable bonds is 2. The van der Waals surface area contributed by atoms with Gasteiger partial charge in [-0.1, -0.05) is 25.7 Å². The van der Waals surface area contributed by atoms with Crippen molar-refractivity contribution in [2.24, 2.45) is 0 Å². The molecule has 24 heavy (non-hydrogen) atoms. The zero-order valence-corrected chi connectivity index (χ0v) is 13.9. The fraction of sp³-hybridized carbons (Fsp3) is 0.667. The minimum atomic E-state index is -1.25. The lowest BCUT2D eigenvalue weighted by atomic mass is 10.1. The summed E-state index contributed by atoms with van der Waals surface area (Å²) in [6.45, 7) is 1.71. The van der Waals surface area contributed by atoms with Crippen LogP contribution >= 0.6 is 0 Å². The first-order valence-corrected chi connectivity index (χ1v) is 8.97. The molecule has 0 aliphatic carbocycles. The highest BCUT2D eigenvalue weighted by Crippen LogP contribution is 2.37. The van der Waals surface area contributed by atoms with Crippen molar-refractivity contribution < 1.29 is 17.6 Å². The fourth-order valence-corrected chi connectivity index (χ4v) is 3.75. The monoisotopic (exact) mass is 344 g/mol. The molecule has 2 fully saturated rings. The number of anilines is 2. The Bertz CT molecular complexity index is 495. The fourth-order valence-electron chi connectivity index (χ4n) is 3.75. The van der Waals surface area contributed by atoms with Crippen LogP contribution < -0.4 is 9.80 Å². The van der Waals surface area contributed by atoms with Crippen LogP contribution in [0.2, 0.25) is 0 Å². The van der Waals surface area contributed by atoms with Gasteiger partial charge in [-0.05, 0) is 25.7 Å². The van der Waals surface area contributed by atoms with Crippen molar-refractivity contribution in [3.8, 4) is 0 Å². The summed E-state index contributed by atoms with van der Waals surface area (Å²) < 4.78 is 58.5. The van der Waals surface area contributed by atoms with Gasteiger partial charge in [0.25, 0.3) is 0 Å². The Kier molecular flexibility index (Phi) is 5.51. The molecule has 134 valence electrons. The Balaban J connectivity index is 2.00. The van der Waals surface area contributed by atoms with E-state index in [0.29, 0.717) is 26.2 Å². The van der Waals surface area contributed by atoms with Gasteiger partial charge < -0.3 is 9.80 Å². The molecule has 0 radical (unpaired) electrons. The molecule has 0 spiro atoms. The van der Waals surface area contributed by atoms with Crippen molar-refractivity contribution in [3.63, 3.8) is 0 Å². The maximum absolute atomic E-state index is 14.6. The van der Waals surface area contributed by atoms with Gasteiger partial charge in [-0.15, -0.1) is 0 Å². The standard InChI is InChI=1S/C18H24F4N2/c19-13-15(21)18(24-11-7-3-4-8-12-24)16(22)14(20)17(13)23-9-5-1-2-6-10-23/h1-12H2. The lowest BCUT2D eigenvalue weighted by molar-refractivity contribution is 0.449. The first-order valence-electron chi connectivity index (χ1n) is 8.97. The SMILES string of the molecule is Fc1c(F)c(N2CCCCCC2)c(F)c(F)c1N1CCCCCC1. The topological polar surface area (TPSA) is 6.48 Å². The highest BCUT2D eigenvalue weighted by atomic mass is 19.2. The van der Waals surface area contributed by atoms with Crippen molar-refractivity contribution in [3.05, 3.63) is 23.3 Å². The molecule has 6 heteroatoms. The molecule has 3 rings (SSSR count). The van der Waals surface area contributed by atoms with Crippen LogP contribution in [0.25, 0.3) is 0 Å². The smallest absolute Gasteiger partial charge is 0.187 e. The predicted molar refractivity (Wildman–Crippen MR) is 87.6 cm³/mol. The Hall–Kier alpha value is -1.46. The first-order chi connectivity index (χ1) is 11.6. The molecule has 2 nitrogen and oxygen atoms in total. The van der Waals surface area contributed by atoms with Gasteiger partial charge in [0.1, 0.15) is 11.4 Å². The summed E-state index contributed by atoms with van der Waals surface area (Å²) in [5, 5.41) is 0. The van der Waals surface area contributed by atoms with Gasteiger partial charge in [0.15, 0.2) is 23.3 Å². The van der Waals surface area contributed by atoms with Crippen LogP contribution in [-0.2, 0) is 0 Å². The number of hydrogen-bond acceptors (Lipinski definition) is 2. The Morgan fingerprint density at radius 1 is 0.417 bits per heavy atom. The number of benzene rings is 1. The summed E-state index contributed by atoms with van der Waals surface area (Å²) in [6, 6.07) is 0. The second-order valence-electron chi connectivity index (χ2n) is 6.76. The van der Waals surface area contributed by atoms with E-state index < -0.39 is 34.6 Å². The minimum absolute atomic E-state index is 0.426. The van der Waals surface area contributed by atoms with Crippen molar-refractivity contribution in [1.29, 1.82) is 0 Å². The van der Waals surface area contributed by atoms with E-state index in [-0.39, 0.29) is 0 Å². The van der Waals surface area contributed by atoms with Gasteiger partial charge in [-0.25, -0.2) is 17.6 Å². The van der Waals surface area contributed by atoms with E-state index in [1.807, 2.05) is 0 Å². The summed E-state index contributed by atoms with van der Waals surface area (Å²) >= 11 is 0. The largest absolute Gasteiger partial charge is 0.367 e. The average molecular weight is 344 g/mol. The normalized spacial score (nSPS) is 20.0. The molecule has 1 aromatic carbocycles. The summed E-state index contributed by atoms with van der Waals surface area (Å²) in [6.07, 6.45) is 6.97. The van der Waals surface area contributed by atoms with Crippen LogP contribution in [0.3, 0.4) is 0 Å². The maximum atomic E-state index is 14.6. The molecular weight excluding hydrogens is 320 g/mol. The van der Waals surface area contributed by atoms with Gasteiger partial charge in [-0.2, -0.15) is 0 Å². The lowest BCUT2D eigenvalue weighted by Gasteiger charge is -2.28. The van der Waals surface area contributed by atoms with E-state index in [1.54, 1.807) is 0 Å². The number of nitrogens with zero attached hydrogens (tertiary/aromatic N) is 2. The highest BCUT2D eigenvalue weighted by Gasteiger charge is 2.31. The quantitative estimate of drug-likeness (QED) is 0.550. The third kappa shape index (κ3) is 3.33.